The smallest absolute Gasteiger partial charge is 0.135 e. The van der Waals surface area contributed by atoms with Crippen molar-refractivity contribution in [3.05, 3.63) is 42.0 Å². The zero-order valence-electron chi connectivity index (χ0n) is 9.27. The fraction of sp³-hybridized carbons (Fsp3) is 0.154. The molecular formula is C13H13NO2. The van der Waals surface area contributed by atoms with Crippen molar-refractivity contribution in [2.45, 2.75) is 6.92 Å². The lowest BCUT2D eigenvalue weighted by Crippen LogP contribution is -1.99. The van der Waals surface area contributed by atoms with Crippen LogP contribution in [0.5, 0.6) is 5.75 Å². The van der Waals surface area contributed by atoms with E-state index in [0.29, 0.717) is 5.71 Å². The molecule has 0 aliphatic carbocycles. The maximum absolute atomic E-state index is 8.81. The Labute approximate surface area is 94.0 Å². The van der Waals surface area contributed by atoms with Gasteiger partial charge < -0.3 is 9.94 Å². The molecule has 0 atom stereocenters. The van der Waals surface area contributed by atoms with Gasteiger partial charge in [-0.1, -0.05) is 35.5 Å². The second-order valence-corrected chi connectivity index (χ2v) is 3.55. The molecule has 0 amide bonds. The van der Waals surface area contributed by atoms with Crippen molar-refractivity contribution in [2.75, 3.05) is 7.11 Å². The monoisotopic (exact) mass is 215 g/mol. The number of ether oxygens (including phenoxy) is 1. The summed E-state index contributed by atoms with van der Waals surface area (Å²) in [6.45, 7) is 1.74. The topological polar surface area (TPSA) is 41.8 Å². The molecule has 0 heterocycles. The number of methoxy groups -OCH3 is 1. The average molecular weight is 215 g/mol. The van der Waals surface area contributed by atoms with E-state index >= 15 is 0 Å². The zero-order valence-corrected chi connectivity index (χ0v) is 9.27. The van der Waals surface area contributed by atoms with Crippen LogP contribution >= 0.6 is 0 Å². The first-order valence-electron chi connectivity index (χ1n) is 5.02. The van der Waals surface area contributed by atoms with Crippen molar-refractivity contribution >= 4 is 16.5 Å². The lowest BCUT2D eigenvalue weighted by molar-refractivity contribution is 0.318. The zero-order chi connectivity index (χ0) is 11.5. The second-order valence-electron chi connectivity index (χ2n) is 3.55. The summed E-state index contributed by atoms with van der Waals surface area (Å²) in [5.74, 6) is 0.744. The lowest BCUT2D eigenvalue weighted by atomic mass is 10.0. The standard InChI is InChI=1S/C13H13NO2/c1-9(14-15)11-8-7-10-5-3-4-6-12(10)13(11)16-2/h3-8,15H,1-2H3/b14-9+. The highest BCUT2D eigenvalue weighted by molar-refractivity contribution is 6.06. The third kappa shape index (κ3) is 1.60. The molecule has 16 heavy (non-hydrogen) atoms. The Morgan fingerprint density at radius 1 is 1.19 bits per heavy atom. The van der Waals surface area contributed by atoms with Crippen molar-refractivity contribution in [3.63, 3.8) is 0 Å². The molecule has 0 aliphatic heterocycles. The number of rotatable bonds is 2. The molecule has 0 saturated carbocycles. The first kappa shape index (κ1) is 10.5. The van der Waals surface area contributed by atoms with Crippen molar-refractivity contribution < 1.29 is 9.94 Å². The van der Waals surface area contributed by atoms with Crippen LogP contribution in [0.25, 0.3) is 10.8 Å². The van der Waals surface area contributed by atoms with E-state index in [-0.39, 0.29) is 0 Å². The normalized spacial score (nSPS) is 11.8. The number of hydrogen-bond donors (Lipinski definition) is 1. The first-order chi connectivity index (χ1) is 7.77. The molecule has 0 saturated heterocycles. The molecule has 0 unspecified atom stereocenters. The van der Waals surface area contributed by atoms with Crippen LogP contribution in [-0.4, -0.2) is 18.0 Å². The summed E-state index contributed by atoms with van der Waals surface area (Å²) in [7, 11) is 1.62. The van der Waals surface area contributed by atoms with E-state index in [1.165, 1.54) is 0 Å². The lowest BCUT2D eigenvalue weighted by Gasteiger charge is -2.10. The number of oxime groups is 1. The Morgan fingerprint density at radius 3 is 2.62 bits per heavy atom. The van der Waals surface area contributed by atoms with Gasteiger partial charge in [-0.2, -0.15) is 0 Å². The quantitative estimate of drug-likeness (QED) is 0.475. The van der Waals surface area contributed by atoms with Gasteiger partial charge in [0.05, 0.1) is 12.8 Å². The molecule has 3 heteroatoms. The maximum atomic E-state index is 8.81. The minimum Gasteiger partial charge on any atom is -0.495 e. The highest BCUT2D eigenvalue weighted by Gasteiger charge is 2.10. The second kappa shape index (κ2) is 4.23. The largest absolute Gasteiger partial charge is 0.495 e. The van der Waals surface area contributed by atoms with Crippen LogP contribution in [-0.2, 0) is 0 Å². The number of fused-ring (bicyclic) bond motifs is 1. The highest BCUT2D eigenvalue weighted by atomic mass is 16.5. The summed E-state index contributed by atoms with van der Waals surface area (Å²) >= 11 is 0. The van der Waals surface area contributed by atoms with Crippen molar-refractivity contribution in [1.82, 2.24) is 0 Å². The number of benzene rings is 2. The first-order valence-corrected chi connectivity index (χ1v) is 5.02. The van der Waals surface area contributed by atoms with E-state index in [2.05, 4.69) is 5.16 Å². The van der Waals surface area contributed by atoms with Crippen LogP contribution in [0, 0.1) is 0 Å². The molecule has 2 aromatic rings. The third-order valence-corrected chi connectivity index (χ3v) is 2.62. The molecule has 0 aromatic heterocycles. The van der Waals surface area contributed by atoms with E-state index in [0.717, 1.165) is 22.1 Å². The Bertz CT molecular complexity index is 547. The maximum Gasteiger partial charge on any atom is 0.135 e. The van der Waals surface area contributed by atoms with E-state index in [1.807, 2.05) is 36.4 Å². The van der Waals surface area contributed by atoms with Gasteiger partial charge in [-0.3, -0.25) is 0 Å². The molecular weight excluding hydrogens is 202 g/mol. The van der Waals surface area contributed by atoms with E-state index < -0.39 is 0 Å². The summed E-state index contributed by atoms with van der Waals surface area (Å²) in [6.07, 6.45) is 0. The Hall–Kier alpha value is -2.03. The van der Waals surface area contributed by atoms with Gasteiger partial charge in [-0.05, 0) is 18.4 Å². The summed E-state index contributed by atoms with van der Waals surface area (Å²) in [4.78, 5) is 0. The van der Waals surface area contributed by atoms with Crippen LogP contribution in [0.3, 0.4) is 0 Å². The predicted molar refractivity (Wildman–Crippen MR) is 64.5 cm³/mol. The summed E-state index contributed by atoms with van der Waals surface area (Å²) in [5, 5.41) is 14.1. The number of nitrogens with zero attached hydrogens (tertiary/aromatic N) is 1. The molecule has 2 aromatic carbocycles. The van der Waals surface area contributed by atoms with Crippen LogP contribution in [0.4, 0.5) is 0 Å². The SMILES string of the molecule is COc1c(/C(C)=N/O)ccc2ccccc12. The van der Waals surface area contributed by atoms with Crippen LogP contribution in [0.15, 0.2) is 41.6 Å². The van der Waals surface area contributed by atoms with E-state index in [1.54, 1.807) is 14.0 Å². The Kier molecular flexibility index (Phi) is 2.77. The van der Waals surface area contributed by atoms with Gasteiger partial charge in [0.15, 0.2) is 0 Å². The molecule has 0 bridgehead atoms. The minimum atomic E-state index is 0.544. The van der Waals surface area contributed by atoms with E-state index in [4.69, 9.17) is 9.94 Å². The Balaban J connectivity index is 2.78. The molecule has 1 N–H and O–H groups in total. The molecule has 0 aliphatic rings. The van der Waals surface area contributed by atoms with Crippen LogP contribution in [0.2, 0.25) is 0 Å². The summed E-state index contributed by atoms with van der Waals surface area (Å²) in [5.41, 5.74) is 1.35. The van der Waals surface area contributed by atoms with E-state index in [9.17, 15) is 0 Å². The molecule has 0 radical (unpaired) electrons. The molecule has 0 spiro atoms. The van der Waals surface area contributed by atoms with Gasteiger partial charge in [-0.15, -0.1) is 0 Å². The molecule has 3 nitrogen and oxygen atoms in total. The van der Waals surface area contributed by atoms with Gasteiger partial charge in [0.2, 0.25) is 0 Å². The molecule has 0 fully saturated rings. The van der Waals surface area contributed by atoms with Crippen LogP contribution < -0.4 is 4.74 Å². The van der Waals surface area contributed by atoms with Crippen molar-refractivity contribution in [3.8, 4) is 5.75 Å². The van der Waals surface area contributed by atoms with Gasteiger partial charge in [-0.25, -0.2) is 0 Å². The van der Waals surface area contributed by atoms with Gasteiger partial charge in [0, 0.05) is 10.9 Å². The fourth-order valence-corrected chi connectivity index (χ4v) is 1.80. The summed E-state index contributed by atoms with van der Waals surface area (Å²) in [6, 6.07) is 11.8. The third-order valence-electron chi connectivity index (χ3n) is 2.62. The van der Waals surface area contributed by atoms with Gasteiger partial charge >= 0.3 is 0 Å². The minimum absolute atomic E-state index is 0.544. The molecule has 82 valence electrons. The Morgan fingerprint density at radius 2 is 1.94 bits per heavy atom. The predicted octanol–water partition coefficient (Wildman–Crippen LogP) is 3.05. The van der Waals surface area contributed by atoms with Crippen LogP contribution in [0.1, 0.15) is 12.5 Å². The fourth-order valence-electron chi connectivity index (χ4n) is 1.80. The summed E-state index contributed by atoms with van der Waals surface area (Å²) < 4.78 is 5.39. The van der Waals surface area contributed by atoms with Gasteiger partial charge in [0.25, 0.3) is 0 Å². The number of hydrogen-bond acceptors (Lipinski definition) is 3. The highest BCUT2D eigenvalue weighted by Crippen LogP contribution is 2.29. The van der Waals surface area contributed by atoms with Gasteiger partial charge in [0.1, 0.15) is 5.75 Å². The van der Waals surface area contributed by atoms with Crippen molar-refractivity contribution in [2.24, 2.45) is 5.16 Å². The average Bonchev–Trinajstić information content (AvgIpc) is 2.36. The van der Waals surface area contributed by atoms with Crippen molar-refractivity contribution in [1.29, 1.82) is 0 Å². The molecule has 2 rings (SSSR count).